The van der Waals surface area contributed by atoms with Gasteiger partial charge in [0.2, 0.25) is 5.91 Å². The molecule has 1 aromatic rings. The summed E-state index contributed by atoms with van der Waals surface area (Å²) in [6, 6.07) is 8.37. The molecule has 0 aliphatic carbocycles. The number of nitriles is 1. The molecule has 0 radical (unpaired) electrons. The summed E-state index contributed by atoms with van der Waals surface area (Å²) in [5.41, 5.74) is 9.43. The molecule has 0 fully saturated rings. The van der Waals surface area contributed by atoms with Gasteiger partial charge in [-0.05, 0) is 61.6 Å². The highest BCUT2D eigenvalue weighted by atomic mass is 16.2. The van der Waals surface area contributed by atoms with E-state index in [1.807, 2.05) is 56.0 Å². The molecule has 190 valence electrons. The van der Waals surface area contributed by atoms with E-state index in [2.05, 4.69) is 48.0 Å². The SMILES string of the molecule is C=C/C(=C\C=C\N1C=NNN1)CC(=O)N(CC)CCNC(C)Cc1cc(C#N)ccc1CC.CC. The fourth-order valence-electron chi connectivity index (χ4n) is 3.56. The van der Waals surface area contributed by atoms with Crippen LogP contribution < -0.4 is 16.4 Å². The normalized spacial score (nSPS) is 13.6. The lowest BCUT2D eigenvalue weighted by Crippen LogP contribution is -2.39. The number of carbonyl (C=O) groups excluding carboxylic acids is 1. The molecule has 0 spiro atoms. The predicted molar refractivity (Wildman–Crippen MR) is 144 cm³/mol. The molecule has 1 amide bonds. The average molecular weight is 480 g/mol. The number of aryl methyl sites for hydroxylation is 1. The van der Waals surface area contributed by atoms with Gasteiger partial charge in [0.15, 0.2) is 0 Å². The minimum Gasteiger partial charge on any atom is -0.341 e. The maximum absolute atomic E-state index is 12.8. The van der Waals surface area contributed by atoms with Gasteiger partial charge in [-0.2, -0.15) is 10.4 Å². The zero-order valence-electron chi connectivity index (χ0n) is 21.8. The first-order valence-corrected chi connectivity index (χ1v) is 12.4. The smallest absolute Gasteiger partial charge is 0.227 e. The van der Waals surface area contributed by atoms with Crippen LogP contribution in [0.3, 0.4) is 0 Å². The molecule has 0 bridgehead atoms. The van der Waals surface area contributed by atoms with Crippen molar-refractivity contribution in [3.8, 4) is 6.07 Å². The number of allylic oxidation sites excluding steroid dienone is 3. The Morgan fingerprint density at radius 2 is 2.11 bits per heavy atom. The lowest BCUT2D eigenvalue weighted by atomic mass is 9.97. The van der Waals surface area contributed by atoms with Gasteiger partial charge in [0.05, 0.1) is 18.1 Å². The Morgan fingerprint density at radius 3 is 2.71 bits per heavy atom. The van der Waals surface area contributed by atoms with Crippen molar-refractivity contribution in [2.45, 2.75) is 59.9 Å². The van der Waals surface area contributed by atoms with Crippen LogP contribution in [0.25, 0.3) is 0 Å². The van der Waals surface area contributed by atoms with Gasteiger partial charge in [-0.3, -0.25) is 9.80 Å². The first kappa shape index (κ1) is 29.6. The Kier molecular flexibility index (Phi) is 14.5. The standard InChI is InChI=1S/C25H35N7O.C2H6/c1-5-21(9-8-13-32-19-28-29-30-32)17-25(33)31(7-3)14-12-27-20(4)15-24-16-22(18-26)10-11-23(24)6-2;1-2/h5,8-11,13,16,19-20,27,29-30H,1,6-7,12,14-15,17H2,2-4H3;1-2H3/b13-8+,21-9+;. The van der Waals surface area contributed by atoms with E-state index >= 15 is 0 Å². The first-order valence-electron chi connectivity index (χ1n) is 12.4. The Bertz CT molecular complexity index is 930. The van der Waals surface area contributed by atoms with Crippen LogP contribution >= 0.6 is 0 Å². The Balaban J connectivity index is 0.00000298. The Labute approximate surface area is 211 Å². The summed E-state index contributed by atoms with van der Waals surface area (Å²) in [4.78, 5) is 14.6. The molecule has 2 rings (SSSR count). The van der Waals surface area contributed by atoms with Crippen molar-refractivity contribution in [1.29, 1.82) is 5.26 Å². The first-order chi connectivity index (χ1) is 17.0. The molecule has 1 atom stereocenters. The number of hydrogen-bond acceptors (Lipinski definition) is 7. The number of hydrazone groups is 1. The van der Waals surface area contributed by atoms with Gasteiger partial charge in [-0.25, -0.2) is 5.53 Å². The zero-order chi connectivity index (χ0) is 26.1. The van der Waals surface area contributed by atoms with E-state index in [4.69, 9.17) is 0 Å². The Hall–Kier alpha value is -3.41. The number of rotatable bonds is 13. The van der Waals surface area contributed by atoms with Crippen molar-refractivity contribution in [3.63, 3.8) is 0 Å². The van der Waals surface area contributed by atoms with Crippen LogP contribution in [0.5, 0.6) is 0 Å². The summed E-state index contributed by atoms with van der Waals surface area (Å²) in [5, 5.41) is 18.2. The highest BCUT2D eigenvalue weighted by Crippen LogP contribution is 2.15. The van der Waals surface area contributed by atoms with E-state index < -0.39 is 0 Å². The largest absolute Gasteiger partial charge is 0.341 e. The van der Waals surface area contributed by atoms with Gasteiger partial charge < -0.3 is 10.2 Å². The van der Waals surface area contributed by atoms with Crippen LogP contribution in [0, 0.1) is 11.3 Å². The van der Waals surface area contributed by atoms with Crippen molar-refractivity contribution in [3.05, 3.63) is 71.5 Å². The number of nitrogens with zero attached hydrogens (tertiary/aromatic N) is 4. The maximum atomic E-state index is 12.8. The minimum absolute atomic E-state index is 0.0732. The summed E-state index contributed by atoms with van der Waals surface area (Å²) in [5.74, 6) is 0.0732. The molecule has 35 heavy (non-hydrogen) atoms. The third kappa shape index (κ3) is 10.6. The highest BCUT2D eigenvalue weighted by molar-refractivity contribution is 5.79. The molecule has 1 unspecified atom stereocenters. The van der Waals surface area contributed by atoms with Gasteiger partial charge in [-0.1, -0.05) is 45.6 Å². The molecule has 3 N–H and O–H groups in total. The summed E-state index contributed by atoms with van der Waals surface area (Å²) in [7, 11) is 0. The van der Waals surface area contributed by atoms with Crippen LogP contribution in [0.4, 0.5) is 0 Å². The lowest BCUT2D eigenvalue weighted by Gasteiger charge is -2.23. The molecule has 8 heteroatoms. The van der Waals surface area contributed by atoms with Crippen LogP contribution in [0.2, 0.25) is 0 Å². The van der Waals surface area contributed by atoms with Crippen molar-refractivity contribution in [2.24, 2.45) is 5.10 Å². The molecule has 0 aromatic heterocycles. The monoisotopic (exact) mass is 479 g/mol. The fraction of sp³-hybridized carbons (Fsp3) is 0.444. The molecule has 1 aliphatic rings. The third-order valence-corrected chi connectivity index (χ3v) is 5.45. The fourth-order valence-corrected chi connectivity index (χ4v) is 3.56. The number of amides is 1. The molecule has 1 aromatic carbocycles. The van der Waals surface area contributed by atoms with Crippen LogP contribution in [0.1, 0.15) is 57.7 Å². The highest BCUT2D eigenvalue weighted by Gasteiger charge is 2.13. The second kappa shape index (κ2) is 17.1. The van der Waals surface area contributed by atoms with Crippen LogP contribution in [0.15, 0.2) is 59.9 Å². The van der Waals surface area contributed by atoms with E-state index in [0.29, 0.717) is 31.6 Å². The number of carbonyl (C=O) groups is 1. The molecular formula is C27H41N7O. The van der Waals surface area contributed by atoms with Crippen molar-refractivity contribution in [2.75, 3.05) is 19.6 Å². The summed E-state index contributed by atoms with van der Waals surface area (Å²) >= 11 is 0. The van der Waals surface area contributed by atoms with Gasteiger partial charge in [0.1, 0.15) is 6.34 Å². The third-order valence-electron chi connectivity index (χ3n) is 5.45. The topological polar surface area (TPSA) is 95.8 Å². The number of benzene rings is 1. The van der Waals surface area contributed by atoms with Gasteiger partial charge in [-0.15, -0.1) is 5.53 Å². The summed E-state index contributed by atoms with van der Waals surface area (Å²) in [6.07, 6.45) is 10.9. The molecule has 0 saturated carbocycles. The van der Waals surface area contributed by atoms with E-state index in [9.17, 15) is 10.1 Å². The lowest BCUT2D eigenvalue weighted by molar-refractivity contribution is -0.130. The van der Waals surface area contributed by atoms with Crippen molar-refractivity contribution in [1.82, 2.24) is 26.3 Å². The van der Waals surface area contributed by atoms with Gasteiger partial charge in [0, 0.05) is 31.9 Å². The van der Waals surface area contributed by atoms with Crippen LogP contribution in [-0.2, 0) is 17.6 Å². The quantitative estimate of drug-likeness (QED) is 0.373. The van der Waals surface area contributed by atoms with E-state index in [1.54, 1.807) is 23.6 Å². The van der Waals surface area contributed by atoms with E-state index in [-0.39, 0.29) is 11.9 Å². The van der Waals surface area contributed by atoms with Crippen LogP contribution in [-0.4, -0.2) is 47.8 Å². The average Bonchev–Trinajstić information content (AvgIpc) is 3.40. The van der Waals surface area contributed by atoms with E-state index in [1.165, 1.54) is 11.1 Å². The molecule has 0 saturated heterocycles. The molecule has 1 aliphatic heterocycles. The predicted octanol–water partition coefficient (Wildman–Crippen LogP) is 3.80. The Morgan fingerprint density at radius 1 is 1.34 bits per heavy atom. The zero-order valence-corrected chi connectivity index (χ0v) is 21.8. The number of likely N-dealkylation sites (N-methyl/N-ethyl adjacent to an activating group) is 1. The second-order valence-corrected chi connectivity index (χ2v) is 7.82. The van der Waals surface area contributed by atoms with E-state index in [0.717, 1.165) is 18.4 Å². The molecule has 1 heterocycles. The summed E-state index contributed by atoms with van der Waals surface area (Å²) < 4.78 is 0. The molecular weight excluding hydrogens is 438 g/mol. The summed E-state index contributed by atoms with van der Waals surface area (Å²) in [6.45, 7) is 16.1. The number of hydrogen-bond donors (Lipinski definition) is 3. The van der Waals surface area contributed by atoms with Crippen molar-refractivity contribution < 1.29 is 4.79 Å². The number of hydrazine groups is 2. The van der Waals surface area contributed by atoms with Gasteiger partial charge >= 0.3 is 0 Å². The van der Waals surface area contributed by atoms with Gasteiger partial charge in [0.25, 0.3) is 0 Å². The van der Waals surface area contributed by atoms with Crippen molar-refractivity contribution >= 4 is 12.2 Å². The minimum atomic E-state index is 0.0732. The molecule has 8 nitrogen and oxygen atoms in total. The number of nitrogens with one attached hydrogen (secondary N) is 3. The second-order valence-electron chi connectivity index (χ2n) is 7.82. The maximum Gasteiger partial charge on any atom is 0.227 e.